The number of aryl methyl sites for hydroxylation is 1. The Labute approximate surface area is 256 Å². The number of pyridine rings is 1. The number of methoxy groups -OCH3 is 1. The summed E-state index contributed by atoms with van der Waals surface area (Å²) < 4.78 is 51.3. The highest BCUT2D eigenvalue weighted by molar-refractivity contribution is 5.84. The predicted molar refractivity (Wildman–Crippen MR) is 161 cm³/mol. The molecule has 2 aromatic carbocycles. The Balaban J connectivity index is 1.26. The number of benzene rings is 2. The maximum Gasteiger partial charge on any atom is 0.303 e. The lowest BCUT2D eigenvalue weighted by molar-refractivity contribution is -0.140. The third-order valence-corrected chi connectivity index (χ3v) is 8.87. The highest BCUT2D eigenvalue weighted by Gasteiger charge is 2.36. The van der Waals surface area contributed by atoms with Crippen LogP contribution in [0, 0.1) is 34.7 Å². The number of hydrogen-bond acceptors (Lipinski definition) is 6. The molecule has 0 spiro atoms. The molecular formula is C34H38F3N3O4. The van der Waals surface area contributed by atoms with Crippen LogP contribution in [0.1, 0.15) is 48.8 Å². The molecule has 2 fully saturated rings. The van der Waals surface area contributed by atoms with Crippen molar-refractivity contribution in [2.45, 2.75) is 45.1 Å². The number of carboxylic acids is 1. The maximum absolute atomic E-state index is 13.5. The molecule has 1 N–H and O–H groups in total. The van der Waals surface area contributed by atoms with Crippen molar-refractivity contribution < 1.29 is 32.5 Å². The first-order chi connectivity index (χ1) is 21.2. The second-order valence-corrected chi connectivity index (χ2v) is 11.8. The van der Waals surface area contributed by atoms with Crippen LogP contribution in [0.4, 0.5) is 13.2 Å². The van der Waals surface area contributed by atoms with Crippen molar-refractivity contribution >= 4 is 16.9 Å². The number of ether oxygens (including phenoxy) is 2. The number of carboxylic acid groups (broad SMARTS) is 1. The highest BCUT2D eigenvalue weighted by Crippen LogP contribution is 2.40. The Morgan fingerprint density at radius 3 is 2.48 bits per heavy atom. The molecule has 0 unspecified atom stereocenters. The zero-order valence-corrected chi connectivity index (χ0v) is 25.0. The Bertz CT molecular complexity index is 1520. The minimum atomic E-state index is -1.51. The third-order valence-electron chi connectivity index (χ3n) is 8.87. The van der Waals surface area contributed by atoms with Crippen molar-refractivity contribution in [3.8, 4) is 17.6 Å². The summed E-state index contributed by atoms with van der Waals surface area (Å²) in [6.45, 7) is 5.68. The summed E-state index contributed by atoms with van der Waals surface area (Å²) in [5.74, 6) is 1.56. The van der Waals surface area contributed by atoms with Crippen molar-refractivity contribution in [2.75, 3.05) is 53.0 Å². The Morgan fingerprint density at radius 2 is 1.80 bits per heavy atom. The van der Waals surface area contributed by atoms with E-state index >= 15 is 0 Å². The molecule has 0 bridgehead atoms. The molecule has 0 saturated carbocycles. The van der Waals surface area contributed by atoms with Gasteiger partial charge in [0.15, 0.2) is 17.5 Å². The van der Waals surface area contributed by atoms with Gasteiger partial charge in [-0.3, -0.25) is 19.6 Å². The van der Waals surface area contributed by atoms with Gasteiger partial charge in [0, 0.05) is 36.8 Å². The van der Waals surface area contributed by atoms with Gasteiger partial charge in [0.05, 0.1) is 38.8 Å². The molecule has 44 heavy (non-hydrogen) atoms. The van der Waals surface area contributed by atoms with Crippen LogP contribution >= 0.6 is 0 Å². The second kappa shape index (κ2) is 14.4. The van der Waals surface area contributed by atoms with E-state index in [4.69, 9.17) is 14.5 Å². The van der Waals surface area contributed by atoms with Gasteiger partial charge in [-0.05, 0) is 92.1 Å². The summed E-state index contributed by atoms with van der Waals surface area (Å²) >= 11 is 0. The van der Waals surface area contributed by atoms with Crippen LogP contribution in [0.15, 0.2) is 36.5 Å². The quantitative estimate of drug-likeness (QED) is 0.243. The third kappa shape index (κ3) is 7.89. The first-order valence-corrected chi connectivity index (χ1v) is 15.1. The normalized spacial score (nSPS) is 17.3. The van der Waals surface area contributed by atoms with Gasteiger partial charge in [0.1, 0.15) is 5.75 Å². The van der Waals surface area contributed by atoms with Gasteiger partial charge in [0.25, 0.3) is 0 Å². The highest BCUT2D eigenvalue weighted by atomic mass is 19.2. The number of aliphatic carboxylic acids is 1. The number of piperidine rings is 1. The predicted octanol–water partition coefficient (Wildman–Crippen LogP) is 5.42. The summed E-state index contributed by atoms with van der Waals surface area (Å²) in [5, 5.41) is 10.9. The molecule has 10 heteroatoms. The standard InChI is InChI=1S/C34H38F3N3O4/c1-43-26-6-7-31-28(20-26)27(25(22-38-31)23-40-14-16-44-17-15-40)5-2-8-34(21-32(41)42)9-12-39(13-10-34)11-3-4-24-18-29(35)33(37)30(36)19-24/h6-7,18-20,22H,2,5,8-17,21,23H2,1H3,(H,41,42). The summed E-state index contributed by atoms with van der Waals surface area (Å²) in [6, 6.07) is 7.70. The van der Waals surface area contributed by atoms with Crippen molar-refractivity contribution in [1.29, 1.82) is 0 Å². The molecule has 234 valence electrons. The minimum Gasteiger partial charge on any atom is -0.497 e. The van der Waals surface area contributed by atoms with Crippen molar-refractivity contribution in [3.63, 3.8) is 0 Å². The smallest absolute Gasteiger partial charge is 0.303 e. The number of halogens is 3. The van der Waals surface area contributed by atoms with E-state index in [1.54, 1.807) is 7.11 Å². The van der Waals surface area contributed by atoms with E-state index < -0.39 is 23.4 Å². The molecule has 3 aromatic rings. The monoisotopic (exact) mass is 609 g/mol. The fourth-order valence-corrected chi connectivity index (χ4v) is 6.37. The fourth-order valence-electron chi connectivity index (χ4n) is 6.37. The number of fused-ring (bicyclic) bond motifs is 1. The molecule has 2 aliphatic heterocycles. The van der Waals surface area contributed by atoms with Crippen molar-refractivity contribution in [3.05, 3.63) is 70.7 Å². The molecule has 7 nitrogen and oxygen atoms in total. The van der Waals surface area contributed by atoms with Gasteiger partial charge < -0.3 is 14.6 Å². The number of carbonyl (C=O) groups is 1. The van der Waals surface area contributed by atoms with Crippen LogP contribution in [0.2, 0.25) is 0 Å². The topological polar surface area (TPSA) is 75.1 Å². The summed E-state index contributed by atoms with van der Waals surface area (Å²) in [5.41, 5.74) is 3.06. The Morgan fingerprint density at radius 1 is 1.07 bits per heavy atom. The van der Waals surface area contributed by atoms with Crippen LogP contribution in [0.5, 0.6) is 5.75 Å². The minimum absolute atomic E-state index is 0.0767. The molecule has 2 aliphatic rings. The average molecular weight is 610 g/mol. The van der Waals surface area contributed by atoms with Crippen LogP contribution in [-0.4, -0.2) is 78.9 Å². The van der Waals surface area contributed by atoms with Crippen LogP contribution in [0.25, 0.3) is 10.9 Å². The first kappa shape index (κ1) is 31.8. The zero-order chi connectivity index (χ0) is 31.1. The molecule has 2 saturated heterocycles. The lowest BCUT2D eigenvalue weighted by atomic mass is 9.72. The summed E-state index contributed by atoms with van der Waals surface area (Å²) in [7, 11) is 1.65. The molecule has 1 aromatic heterocycles. The molecule has 0 atom stereocenters. The molecule has 0 aliphatic carbocycles. The molecule has 5 rings (SSSR count). The molecule has 0 radical (unpaired) electrons. The Kier molecular flexibility index (Phi) is 10.4. The number of likely N-dealkylation sites (tertiary alicyclic amines) is 1. The van der Waals surface area contributed by atoms with E-state index in [-0.39, 0.29) is 17.4 Å². The molecule has 0 amide bonds. The first-order valence-electron chi connectivity index (χ1n) is 15.1. The van der Waals surface area contributed by atoms with Crippen molar-refractivity contribution in [1.82, 2.24) is 14.8 Å². The van der Waals surface area contributed by atoms with Crippen molar-refractivity contribution in [2.24, 2.45) is 5.41 Å². The van der Waals surface area contributed by atoms with Gasteiger partial charge in [-0.15, -0.1) is 0 Å². The number of morpholine rings is 1. The number of hydrogen-bond donors (Lipinski definition) is 1. The average Bonchev–Trinajstić information content (AvgIpc) is 3.01. The van der Waals surface area contributed by atoms with Gasteiger partial charge in [-0.1, -0.05) is 11.8 Å². The van der Waals surface area contributed by atoms with E-state index in [9.17, 15) is 23.1 Å². The van der Waals surface area contributed by atoms with Crippen LogP contribution < -0.4 is 4.74 Å². The summed E-state index contributed by atoms with van der Waals surface area (Å²) in [4.78, 5) is 21.2. The second-order valence-electron chi connectivity index (χ2n) is 11.8. The van der Waals surface area contributed by atoms with Gasteiger partial charge >= 0.3 is 5.97 Å². The lowest BCUT2D eigenvalue weighted by Crippen LogP contribution is -2.41. The maximum atomic E-state index is 13.5. The Hall–Kier alpha value is -3.65. The number of aromatic nitrogens is 1. The van der Waals surface area contributed by atoms with E-state index in [0.717, 1.165) is 67.7 Å². The largest absolute Gasteiger partial charge is 0.497 e. The van der Waals surface area contributed by atoms with Gasteiger partial charge in [-0.2, -0.15) is 0 Å². The number of rotatable bonds is 10. The van der Waals surface area contributed by atoms with Gasteiger partial charge in [-0.25, -0.2) is 13.2 Å². The lowest BCUT2D eigenvalue weighted by Gasteiger charge is -2.41. The van der Waals surface area contributed by atoms with E-state index in [0.29, 0.717) is 45.7 Å². The number of nitrogens with zero attached hydrogens (tertiary/aromatic N) is 3. The fraction of sp³-hybridized carbons (Fsp3) is 0.471. The SMILES string of the molecule is COc1ccc2ncc(CN3CCOCC3)c(CCCC3(CC(=O)O)CCN(CC#Cc4cc(F)c(F)c(F)c4)CC3)c2c1. The van der Waals surface area contributed by atoms with Gasteiger partial charge in [0.2, 0.25) is 0 Å². The van der Waals surface area contributed by atoms with E-state index in [1.807, 2.05) is 24.4 Å². The molecule has 3 heterocycles. The molecular weight excluding hydrogens is 571 g/mol. The van der Waals surface area contributed by atoms with E-state index in [1.165, 1.54) is 11.1 Å². The summed E-state index contributed by atoms with van der Waals surface area (Å²) in [6.07, 6.45) is 5.91. The van der Waals surface area contributed by atoms with Crippen LogP contribution in [-0.2, 0) is 22.5 Å². The zero-order valence-electron chi connectivity index (χ0n) is 25.0. The van der Waals surface area contributed by atoms with E-state index in [2.05, 4.69) is 21.6 Å². The van der Waals surface area contributed by atoms with Crippen LogP contribution in [0.3, 0.4) is 0 Å².